The lowest BCUT2D eigenvalue weighted by atomic mass is 9.78. The number of carbonyl (C=O) groups is 1. The topological polar surface area (TPSA) is 67.6 Å². The van der Waals surface area contributed by atoms with Crippen LogP contribution >= 0.6 is 11.3 Å². The zero-order valence-corrected chi connectivity index (χ0v) is 16.1. The molecule has 26 heavy (non-hydrogen) atoms. The first kappa shape index (κ1) is 17.7. The van der Waals surface area contributed by atoms with Crippen LogP contribution in [0.3, 0.4) is 0 Å². The number of thiophene rings is 1. The van der Waals surface area contributed by atoms with Crippen molar-refractivity contribution in [2.45, 2.75) is 38.8 Å². The maximum absolute atomic E-state index is 12.1. The van der Waals surface area contributed by atoms with Gasteiger partial charge in [-0.3, -0.25) is 9.69 Å². The second-order valence-corrected chi connectivity index (χ2v) is 8.18. The average Bonchev–Trinajstić information content (AvgIpc) is 3.31. The molecule has 2 aromatic heterocycles. The Morgan fingerprint density at radius 2 is 2.31 bits per heavy atom. The van der Waals surface area contributed by atoms with Gasteiger partial charge < -0.3 is 14.6 Å². The van der Waals surface area contributed by atoms with Crippen molar-refractivity contribution in [2.75, 3.05) is 26.2 Å². The van der Waals surface area contributed by atoms with Crippen molar-refractivity contribution >= 4 is 17.2 Å². The Kier molecular flexibility index (Phi) is 4.86. The van der Waals surface area contributed by atoms with Gasteiger partial charge in [0.05, 0.1) is 11.3 Å². The van der Waals surface area contributed by atoms with Gasteiger partial charge >= 0.3 is 0 Å². The number of likely N-dealkylation sites (tertiary alicyclic amines) is 1. The molecule has 1 atom stereocenters. The fraction of sp³-hybridized carbons (Fsp3) is 0.579. The van der Waals surface area contributed by atoms with Crippen LogP contribution in [0.1, 0.15) is 40.2 Å². The van der Waals surface area contributed by atoms with Crippen LogP contribution in [0.5, 0.6) is 0 Å². The third-order valence-corrected chi connectivity index (χ3v) is 6.39. The highest BCUT2D eigenvalue weighted by molar-refractivity contribution is 7.08. The van der Waals surface area contributed by atoms with Crippen LogP contribution in [-0.2, 0) is 11.3 Å². The summed E-state index contributed by atoms with van der Waals surface area (Å²) in [7, 11) is 0. The Bertz CT molecular complexity index is 746. The normalized spacial score (nSPS) is 21.8. The van der Waals surface area contributed by atoms with Gasteiger partial charge in [-0.05, 0) is 44.1 Å². The monoisotopic (exact) mass is 375 g/mol. The van der Waals surface area contributed by atoms with E-state index in [1.165, 1.54) is 5.56 Å². The van der Waals surface area contributed by atoms with Gasteiger partial charge in [0.2, 0.25) is 0 Å². The van der Waals surface area contributed by atoms with E-state index >= 15 is 0 Å². The number of hydrogen-bond acceptors (Lipinski definition) is 6. The number of hydrogen-bond donors (Lipinski definition) is 1. The molecule has 2 saturated heterocycles. The molecule has 0 aromatic carbocycles. The Morgan fingerprint density at radius 1 is 1.46 bits per heavy atom. The minimum atomic E-state index is -0.0356. The molecular formula is C19H25N3O3S. The highest BCUT2D eigenvalue weighted by atomic mass is 32.1. The first-order valence-electron chi connectivity index (χ1n) is 9.16. The average molecular weight is 375 g/mol. The molecule has 0 radical (unpaired) electrons. The largest absolute Gasteiger partial charge is 0.372 e. The molecule has 0 saturated carbocycles. The van der Waals surface area contributed by atoms with Gasteiger partial charge in [0, 0.05) is 49.3 Å². The van der Waals surface area contributed by atoms with Crippen molar-refractivity contribution in [1.29, 1.82) is 0 Å². The smallest absolute Gasteiger partial charge is 0.252 e. The summed E-state index contributed by atoms with van der Waals surface area (Å²) < 4.78 is 11.4. The fourth-order valence-corrected chi connectivity index (χ4v) is 4.81. The number of nitrogens with zero attached hydrogens (tertiary/aromatic N) is 2. The predicted octanol–water partition coefficient (Wildman–Crippen LogP) is 2.76. The molecular weight excluding hydrogens is 350 g/mol. The first-order valence-corrected chi connectivity index (χ1v) is 10.1. The van der Waals surface area contributed by atoms with Crippen LogP contribution in [0.25, 0.3) is 0 Å². The zero-order chi connectivity index (χ0) is 18.1. The zero-order valence-electron chi connectivity index (χ0n) is 15.3. The summed E-state index contributed by atoms with van der Waals surface area (Å²) in [6.45, 7) is 8.24. The van der Waals surface area contributed by atoms with E-state index in [1.807, 2.05) is 30.7 Å². The lowest BCUT2D eigenvalue weighted by molar-refractivity contribution is -0.136. The second kappa shape index (κ2) is 7.13. The first-order chi connectivity index (χ1) is 12.6. The molecule has 140 valence electrons. The number of aromatic nitrogens is 1. The summed E-state index contributed by atoms with van der Waals surface area (Å²) >= 11 is 1.55. The molecule has 0 bridgehead atoms. The van der Waals surface area contributed by atoms with Gasteiger partial charge in [-0.1, -0.05) is 5.16 Å². The molecule has 2 aliphatic rings. The van der Waals surface area contributed by atoms with Crippen LogP contribution in [0.2, 0.25) is 0 Å². The van der Waals surface area contributed by atoms with Crippen molar-refractivity contribution < 1.29 is 14.1 Å². The summed E-state index contributed by atoms with van der Waals surface area (Å²) in [6, 6.07) is 1.86. The van der Waals surface area contributed by atoms with E-state index < -0.39 is 0 Å². The quantitative estimate of drug-likeness (QED) is 0.841. The van der Waals surface area contributed by atoms with E-state index in [0.717, 1.165) is 56.1 Å². The van der Waals surface area contributed by atoms with E-state index in [9.17, 15) is 4.79 Å². The Morgan fingerprint density at radius 3 is 3.00 bits per heavy atom. The van der Waals surface area contributed by atoms with Crippen molar-refractivity contribution in [3.8, 4) is 0 Å². The molecule has 1 spiro atoms. The molecule has 1 amide bonds. The maximum atomic E-state index is 12.1. The summed E-state index contributed by atoms with van der Waals surface area (Å²) in [5, 5.41) is 10.9. The summed E-state index contributed by atoms with van der Waals surface area (Å²) in [5.41, 5.74) is 2.88. The van der Waals surface area contributed by atoms with E-state index in [2.05, 4.69) is 15.4 Å². The number of aryl methyl sites for hydroxylation is 2. The molecule has 1 N–H and O–H groups in total. The van der Waals surface area contributed by atoms with Crippen LogP contribution < -0.4 is 5.32 Å². The minimum absolute atomic E-state index is 0.0212. The Balaban J connectivity index is 1.27. The molecule has 2 fully saturated rings. The Labute approximate surface area is 157 Å². The van der Waals surface area contributed by atoms with Gasteiger partial charge in [0.1, 0.15) is 5.76 Å². The van der Waals surface area contributed by atoms with Crippen molar-refractivity contribution in [1.82, 2.24) is 15.4 Å². The number of nitrogens with one attached hydrogen (secondary N) is 1. The fourth-order valence-electron chi connectivity index (χ4n) is 4.17. The van der Waals surface area contributed by atoms with Crippen LogP contribution in [0.4, 0.5) is 0 Å². The highest BCUT2D eigenvalue weighted by Gasteiger charge is 2.52. The molecule has 1 unspecified atom stereocenters. The van der Waals surface area contributed by atoms with Gasteiger partial charge in [0.15, 0.2) is 0 Å². The van der Waals surface area contributed by atoms with Crippen molar-refractivity contribution in [3.05, 3.63) is 39.4 Å². The molecule has 7 heteroatoms. The lowest BCUT2D eigenvalue weighted by Crippen LogP contribution is -2.64. The summed E-state index contributed by atoms with van der Waals surface area (Å²) in [5.74, 6) is 1.43. The summed E-state index contributed by atoms with van der Waals surface area (Å²) in [6.07, 6.45) is 2.04. The van der Waals surface area contributed by atoms with Gasteiger partial charge in [-0.15, -0.1) is 0 Å². The number of carbonyl (C=O) groups excluding carboxylic acids is 1. The van der Waals surface area contributed by atoms with Crippen molar-refractivity contribution in [2.24, 2.45) is 5.92 Å². The molecule has 2 aromatic rings. The maximum Gasteiger partial charge on any atom is 0.252 e. The molecule has 4 rings (SSSR count). The number of rotatable bonds is 6. The SMILES string of the molecule is Cc1noc(C)c1CN1CC2(C1)OCCC2CCNC(=O)c1ccsc1. The Hall–Kier alpha value is -1.70. The minimum Gasteiger partial charge on any atom is -0.372 e. The van der Waals surface area contributed by atoms with Gasteiger partial charge in [-0.25, -0.2) is 0 Å². The second-order valence-electron chi connectivity index (χ2n) is 7.40. The molecule has 2 aliphatic heterocycles. The third kappa shape index (κ3) is 3.31. The molecule has 6 nitrogen and oxygen atoms in total. The number of ether oxygens (including phenoxy) is 1. The summed E-state index contributed by atoms with van der Waals surface area (Å²) in [4.78, 5) is 14.5. The van der Waals surface area contributed by atoms with Crippen LogP contribution in [-0.4, -0.2) is 47.8 Å². The van der Waals surface area contributed by atoms with Gasteiger partial charge in [-0.2, -0.15) is 11.3 Å². The van der Waals surface area contributed by atoms with E-state index in [1.54, 1.807) is 11.3 Å². The number of amides is 1. The van der Waals surface area contributed by atoms with E-state index in [0.29, 0.717) is 12.5 Å². The predicted molar refractivity (Wildman–Crippen MR) is 99.3 cm³/mol. The van der Waals surface area contributed by atoms with Gasteiger partial charge in [0.25, 0.3) is 5.91 Å². The van der Waals surface area contributed by atoms with Crippen molar-refractivity contribution in [3.63, 3.8) is 0 Å². The van der Waals surface area contributed by atoms with Crippen LogP contribution in [0.15, 0.2) is 21.3 Å². The van der Waals surface area contributed by atoms with E-state index in [-0.39, 0.29) is 11.5 Å². The molecule has 4 heterocycles. The standard InChI is InChI=1S/C19H25N3O3S/c1-13-17(14(2)25-21-13)9-22-11-19(12-22)16(4-7-24-19)3-6-20-18(23)15-5-8-26-10-15/h5,8,10,16H,3-4,6-7,9,11-12H2,1-2H3,(H,20,23). The van der Waals surface area contributed by atoms with Crippen LogP contribution in [0, 0.1) is 19.8 Å². The lowest BCUT2D eigenvalue weighted by Gasteiger charge is -2.50. The third-order valence-electron chi connectivity index (χ3n) is 5.71. The molecule has 0 aliphatic carbocycles. The highest BCUT2D eigenvalue weighted by Crippen LogP contribution is 2.42. The van der Waals surface area contributed by atoms with E-state index in [4.69, 9.17) is 9.26 Å².